The molecule has 2 aliphatic heterocycles. The van der Waals surface area contributed by atoms with Gasteiger partial charge in [-0.25, -0.2) is 0 Å². The summed E-state index contributed by atoms with van der Waals surface area (Å²) >= 11 is 0. The van der Waals surface area contributed by atoms with E-state index < -0.39 is 0 Å². The highest BCUT2D eigenvalue weighted by atomic mass is 16.1. The molecule has 1 aromatic carbocycles. The van der Waals surface area contributed by atoms with Gasteiger partial charge in [-0.3, -0.25) is 9.69 Å². The fourth-order valence-electron chi connectivity index (χ4n) is 3.76. The molecule has 2 N–H and O–H groups in total. The van der Waals surface area contributed by atoms with Gasteiger partial charge >= 0.3 is 0 Å². The highest BCUT2D eigenvalue weighted by Crippen LogP contribution is 2.22. The maximum Gasteiger partial charge on any atom is 0.248 e. The molecule has 120 valence electrons. The minimum absolute atomic E-state index is 0.351. The van der Waals surface area contributed by atoms with Gasteiger partial charge in [0.05, 0.1) is 0 Å². The average Bonchev–Trinajstić information content (AvgIpc) is 2.96. The van der Waals surface area contributed by atoms with E-state index in [0.29, 0.717) is 11.6 Å². The standard InChI is InChI=1S/C18H27N3O/c19-18(22)16-8-6-15(7-9-16)13-21-12-4-5-17(21)14-20-10-2-1-3-11-20/h6-9,17H,1-5,10-14H2,(H2,19,22). The Morgan fingerprint density at radius 1 is 1.05 bits per heavy atom. The maximum absolute atomic E-state index is 11.1. The second-order valence-corrected chi connectivity index (χ2v) is 6.69. The van der Waals surface area contributed by atoms with Gasteiger partial charge in [-0.15, -0.1) is 0 Å². The Kier molecular flexibility index (Phi) is 5.11. The van der Waals surface area contributed by atoms with Crippen molar-refractivity contribution < 1.29 is 4.79 Å². The normalized spacial score (nSPS) is 23.7. The molecule has 2 aliphatic rings. The molecule has 1 amide bonds. The molecule has 2 saturated heterocycles. The lowest BCUT2D eigenvalue weighted by Crippen LogP contribution is -2.42. The van der Waals surface area contributed by atoms with Crippen LogP contribution in [0.2, 0.25) is 0 Å². The van der Waals surface area contributed by atoms with Crippen molar-refractivity contribution in [1.82, 2.24) is 9.80 Å². The van der Waals surface area contributed by atoms with E-state index in [1.54, 1.807) is 0 Å². The smallest absolute Gasteiger partial charge is 0.248 e. The van der Waals surface area contributed by atoms with Gasteiger partial charge in [0.25, 0.3) is 0 Å². The van der Waals surface area contributed by atoms with Crippen molar-refractivity contribution >= 4 is 5.91 Å². The van der Waals surface area contributed by atoms with E-state index in [0.717, 1.165) is 6.54 Å². The minimum atomic E-state index is -0.351. The number of nitrogens with zero attached hydrogens (tertiary/aromatic N) is 2. The van der Waals surface area contributed by atoms with Crippen molar-refractivity contribution in [3.63, 3.8) is 0 Å². The van der Waals surface area contributed by atoms with Gasteiger partial charge in [-0.1, -0.05) is 18.6 Å². The first-order valence-corrected chi connectivity index (χ1v) is 8.57. The Morgan fingerprint density at radius 3 is 2.45 bits per heavy atom. The van der Waals surface area contributed by atoms with E-state index in [1.807, 2.05) is 24.3 Å². The molecule has 1 unspecified atom stereocenters. The van der Waals surface area contributed by atoms with Crippen LogP contribution < -0.4 is 5.73 Å². The van der Waals surface area contributed by atoms with Gasteiger partial charge in [-0.2, -0.15) is 0 Å². The van der Waals surface area contributed by atoms with Crippen molar-refractivity contribution in [2.45, 2.75) is 44.7 Å². The highest BCUT2D eigenvalue weighted by Gasteiger charge is 2.26. The monoisotopic (exact) mass is 301 g/mol. The summed E-state index contributed by atoms with van der Waals surface area (Å²) in [6, 6.07) is 8.45. The summed E-state index contributed by atoms with van der Waals surface area (Å²) in [6.45, 7) is 5.95. The molecule has 2 fully saturated rings. The summed E-state index contributed by atoms with van der Waals surface area (Å²) in [5.41, 5.74) is 7.17. The van der Waals surface area contributed by atoms with Gasteiger partial charge in [-0.05, 0) is 63.0 Å². The van der Waals surface area contributed by atoms with Gasteiger partial charge < -0.3 is 10.6 Å². The lowest BCUT2D eigenvalue weighted by atomic mass is 10.1. The van der Waals surface area contributed by atoms with Crippen LogP contribution in [-0.4, -0.2) is 47.9 Å². The molecular weight excluding hydrogens is 274 g/mol. The number of carbonyl (C=O) groups is 1. The van der Waals surface area contributed by atoms with Crippen LogP contribution >= 0.6 is 0 Å². The molecule has 0 radical (unpaired) electrons. The second-order valence-electron chi connectivity index (χ2n) is 6.69. The van der Waals surface area contributed by atoms with E-state index in [4.69, 9.17) is 5.73 Å². The molecular formula is C18H27N3O. The van der Waals surface area contributed by atoms with E-state index >= 15 is 0 Å². The Morgan fingerprint density at radius 2 is 1.77 bits per heavy atom. The zero-order chi connectivity index (χ0) is 15.4. The first-order chi connectivity index (χ1) is 10.7. The van der Waals surface area contributed by atoms with Crippen LogP contribution in [0.1, 0.15) is 48.0 Å². The van der Waals surface area contributed by atoms with Gasteiger partial charge in [0, 0.05) is 24.7 Å². The second kappa shape index (κ2) is 7.25. The zero-order valence-electron chi connectivity index (χ0n) is 13.3. The summed E-state index contributed by atoms with van der Waals surface area (Å²) in [6.07, 6.45) is 6.74. The van der Waals surface area contributed by atoms with Gasteiger partial charge in [0.1, 0.15) is 0 Å². The lowest BCUT2D eigenvalue weighted by molar-refractivity contribution is 0.1000. The lowest BCUT2D eigenvalue weighted by Gasteiger charge is -2.33. The molecule has 0 saturated carbocycles. The number of nitrogens with two attached hydrogens (primary N) is 1. The fraction of sp³-hybridized carbons (Fsp3) is 0.611. The van der Waals surface area contributed by atoms with Crippen LogP contribution in [0.5, 0.6) is 0 Å². The van der Waals surface area contributed by atoms with Gasteiger partial charge in [0.15, 0.2) is 0 Å². The predicted molar refractivity (Wildman–Crippen MR) is 88.7 cm³/mol. The third kappa shape index (κ3) is 3.87. The van der Waals surface area contributed by atoms with Crippen LogP contribution in [0.15, 0.2) is 24.3 Å². The number of hydrogen-bond acceptors (Lipinski definition) is 3. The SMILES string of the molecule is NC(=O)c1ccc(CN2CCCC2CN2CCCCC2)cc1. The van der Waals surface area contributed by atoms with Crippen LogP contribution in [0.25, 0.3) is 0 Å². The number of rotatable bonds is 5. The minimum Gasteiger partial charge on any atom is -0.366 e. The van der Waals surface area contributed by atoms with E-state index in [9.17, 15) is 4.79 Å². The van der Waals surface area contributed by atoms with Gasteiger partial charge in [0.2, 0.25) is 5.91 Å². The summed E-state index contributed by atoms with van der Waals surface area (Å²) in [5, 5.41) is 0. The molecule has 4 nitrogen and oxygen atoms in total. The highest BCUT2D eigenvalue weighted by molar-refractivity contribution is 5.92. The van der Waals surface area contributed by atoms with E-state index in [2.05, 4.69) is 9.80 Å². The quantitative estimate of drug-likeness (QED) is 0.907. The number of hydrogen-bond donors (Lipinski definition) is 1. The summed E-state index contributed by atoms with van der Waals surface area (Å²) in [5.74, 6) is -0.351. The average molecular weight is 301 g/mol. The molecule has 1 atom stereocenters. The molecule has 0 spiro atoms. The van der Waals surface area contributed by atoms with Crippen molar-refractivity contribution in [3.8, 4) is 0 Å². The van der Waals surface area contributed by atoms with Crippen molar-refractivity contribution in [1.29, 1.82) is 0 Å². The zero-order valence-corrected chi connectivity index (χ0v) is 13.3. The van der Waals surface area contributed by atoms with Crippen LogP contribution in [0.3, 0.4) is 0 Å². The number of primary amides is 1. The summed E-state index contributed by atoms with van der Waals surface area (Å²) in [7, 11) is 0. The van der Waals surface area contributed by atoms with Crippen LogP contribution in [0, 0.1) is 0 Å². The number of carbonyl (C=O) groups excluding carboxylic acids is 1. The Hall–Kier alpha value is -1.39. The predicted octanol–water partition coefficient (Wildman–Crippen LogP) is 2.24. The number of likely N-dealkylation sites (tertiary alicyclic amines) is 2. The summed E-state index contributed by atoms with van der Waals surface area (Å²) in [4.78, 5) is 16.4. The molecule has 3 rings (SSSR count). The number of amides is 1. The first kappa shape index (κ1) is 15.5. The molecule has 0 aliphatic carbocycles. The molecule has 4 heteroatoms. The summed E-state index contributed by atoms with van der Waals surface area (Å²) < 4.78 is 0. The van der Waals surface area contributed by atoms with E-state index in [1.165, 1.54) is 63.8 Å². The number of benzene rings is 1. The van der Waals surface area contributed by atoms with Crippen LogP contribution in [-0.2, 0) is 6.54 Å². The molecule has 1 aromatic rings. The molecule has 2 heterocycles. The topological polar surface area (TPSA) is 49.6 Å². The van der Waals surface area contributed by atoms with Crippen molar-refractivity contribution in [3.05, 3.63) is 35.4 Å². The Balaban J connectivity index is 1.57. The third-order valence-corrected chi connectivity index (χ3v) is 5.04. The van der Waals surface area contributed by atoms with Crippen molar-refractivity contribution in [2.75, 3.05) is 26.2 Å². The number of piperidine rings is 1. The Bertz CT molecular complexity index is 494. The first-order valence-electron chi connectivity index (χ1n) is 8.57. The largest absolute Gasteiger partial charge is 0.366 e. The Labute approximate surface area is 133 Å². The maximum atomic E-state index is 11.1. The molecule has 0 aromatic heterocycles. The third-order valence-electron chi connectivity index (χ3n) is 5.04. The van der Waals surface area contributed by atoms with E-state index in [-0.39, 0.29) is 5.91 Å². The van der Waals surface area contributed by atoms with Crippen molar-refractivity contribution in [2.24, 2.45) is 5.73 Å². The molecule has 22 heavy (non-hydrogen) atoms. The fourth-order valence-corrected chi connectivity index (χ4v) is 3.76. The van der Waals surface area contributed by atoms with Crippen LogP contribution in [0.4, 0.5) is 0 Å². The molecule has 0 bridgehead atoms.